The first-order chi connectivity index (χ1) is 14.4. The highest BCUT2D eigenvalue weighted by Gasteiger charge is 2.29. The molecule has 0 bridgehead atoms. The van der Waals surface area contributed by atoms with Gasteiger partial charge in [-0.1, -0.05) is 0 Å². The Bertz CT molecular complexity index is 850. The average molecular weight is 416 g/mol. The van der Waals surface area contributed by atoms with E-state index >= 15 is 0 Å². The van der Waals surface area contributed by atoms with Crippen molar-refractivity contribution in [2.75, 3.05) is 62.2 Å². The number of rotatable bonds is 2. The Hall–Kier alpha value is -2.97. The fourth-order valence-corrected chi connectivity index (χ4v) is 3.94. The maximum absolute atomic E-state index is 14.2. The van der Waals surface area contributed by atoms with Crippen molar-refractivity contribution < 1.29 is 13.6 Å². The van der Waals surface area contributed by atoms with Gasteiger partial charge in [0.25, 0.3) is 0 Å². The van der Waals surface area contributed by atoms with E-state index in [1.165, 1.54) is 12.1 Å². The van der Waals surface area contributed by atoms with Gasteiger partial charge in [-0.2, -0.15) is 0 Å². The summed E-state index contributed by atoms with van der Waals surface area (Å²) >= 11 is 0. The molecule has 0 N–H and O–H groups in total. The van der Waals surface area contributed by atoms with Gasteiger partial charge in [0.2, 0.25) is 0 Å². The average Bonchev–Trinajstić information content (AvgIpc) is 2.74. The van der Waals surface area contributed by atoms with Crippen molar-refractivity contribution in [2.45, 2.75) is 13.8 Å². The molecule has 2 aliphatic rings. The summed E-state index contributed by atoms with van der Waals surface area (Å²) in [6.45, 7) is 7.83. The number of carbonyl (C=O) groups is 1. The molecule has 7 nitrogen and oxygen atoms in total. The molecule has 2 saturated heterocycles. The van der Waals surface area contributed by atoms with Crippen molar-refractivity contribution in [2.24, 2.45) is 0 Å². The van der Waals surface area contributed by atoms with Gasteiger partial charge in [-0.25, -0.2) is 23.5 Å². The maximum Gasteiger partial charge on any atom is 0.320 e. The van der Waals surface area contributed by atoms with E-state index in [0.29, 0.717) is 64.0 Å². The SMILES string of the molecule is Cc1cnc(N2CCN(C(=O)N3CCN(c4ncc(C)cc4F)CC3)CC2)c(F)c1. The highest BCUT2D eigenvalue weighted by atomic mass is 19.1. The van der Waals surface area contributed by atoms with Gasteiger partial charge in [-0.15, -0.1) is 0 Å². The molecule has 0 saturated carbocycles. The lowest BCUT2D eigenvalue weighted by Crippen LogP contribution is -2.57. The van der Waals surface area contributed by atoms with Crippen molar-refractivity contribution >= 4 is 17.7 Å². The van der Waals surface area contributed by atoms with Crippen LogP contribution in [0.3, 0.4) is 0 Å². The van der Waals surface area contributed by atoms with Crippen LogP contribution in [0.25, 0.3) is 0 Å². The smallest absolute Gasteiger partial charge is 0.320 e. The normalized spacial score (nSPS) is 17.5. The highest BCUT2D eigenvalue weighted by Crippen LogP contribution is 2.21. The van der Waals surface area contributed by atoms with Crippen LogP contribution in [0.2, 0.25) is 0 Å². The lowest BCUT2D eigenvalue weighted by atomic mass is 10.2. The quantitative estimate of drug-likeness (QED) is 0.753. The molecule has 0 atom stereocenters. The van der Waals surface area contributed by atoms with E-state index in [9.17, 15) is 13.6 Å². The van der Waals surface area contributed by atoms with E-state index < -0.39 is 0 Å². The first kappa shape index (κ1) is 20.3. The van der Waals surface area contributed by atoms with Gasteiger partial charge >= 0.3 is 6.03 Å². The fourth-order valence-electron chi connectivity index (χ4n) is 3.94. The van der Waals surface area contributed by atoms with Crippen molar-refractivity contribution in [3.8, 4) is 0 Å². The number of pyridine rings is 2. The lowest BCUT2D eigenvalue weighted by Gasteiger charge is -2.41. The third kappa shape index (κ3) is 4.15. The molecule has 2 aliphatic heterocycles. The summed E-state index contributed by atoms with van der Waals surface area (Å²) in [4.78, 5) is 28.7. The van der Waals surface area contributed by atoms with Crippen LogP contribution in [0.5, 0.6) is 0 Å². The standard InChI is InChI=1S/C21H26F2N6O/c1-15-11-17(22)19(24-13-15)26-3-7-28(8-4-26)21(30)29-9-5-27(6-10-29)20-18(23)12-16(2)14-25-20/h11-14H,3-10H2,1-2H3. The molecule has 2 amide bonds. The van der Waals surface area contributed by atoms with E-state index in [1.54, 1.807) is 36.0 Å². The second-order valence-electron chi connectivity index (χ2n) is 7.87. The Morgan fingerprint density at radius 1 is 0.733 bits per heavy atom. The topological polar surface area (TPSA) is 55.8 Å². The number of halogens is 2. The molecule has 4 rings (SSSR count). The number of urea groups is 1. The molecule has 0 aliphatic carbocycles. The third-order valence-electron chi connectivity index (χ3n) is 5.62. The molecule has 160 valence electrons. The molecule has 0 spiro atoms. The van der Waals surface area contributed by atoms with Crippen LogP contribution in [0.15, 0.2) is 24.5 Å². The van der Waals surface area contributed by atoms with Crippen LogP contribution >= 0.6 is 0 Å². The number of carbonyl (C=O) groups excluding carboxylic acids is 1. The van der Waals surface area contributed by atoms with E-state index in [2.05, 4.69) is 9.97 Å². The van der Waals surface area contributed by atoms with Crippen LogP contribution < -0.4 is 9.80 Å². The molecular formula is C21H26F2N6O. The lowest BCUT2D eigenvalue weighted by molar-refractivity contribution is 0.147. The zero-order valence-corrected chi connectivity index (χ0v) is 17.3. The summed E-state index contributed by atoms with van der Waals surface area (Å²) in [6, 6.07) is 2.93. The van der Waals surface area contributed by atoms with Crippen molar-refractivity contribution in [3.05, 3.63) is 47.3 Å². The number of aryl methyl sites for hydroxylation is 2. The largest absolute Gasteiger partial charge is 0.351 e. The summed E-state index contributed by atoms with van der Waals surface area (Å²) in [6.07, 6.45) is 3.31. The highest BCUT2D eigenvalue weighted by molar-refractivity contribution is 5.75. The summed E-state index contributed by atoms with van der Waals surface area (Å²) in [5, 5.41) is 0. The molecule has 0 radical (unpaired) electrons. The number of hydrogen-bond donors (Lipinski definition) is 0. The molecule has 4 heterocycles. The van der Waals surface area contributed by atoms with E-state index in [0.717, 1.165) is 11.1 Å². The maximum atomic E-state index is 14.2. The molecule has 0 aromatic carbocycles. The Balaban J connectivity index is 1.31. The van der Waals surface area contributed by atoms with Crippen LogP contribution in [0.4, 0.5) is 25.2 Å². The van der Waals surface area contributed by atoms with E-state index in [4.69, 9.17) is 0 Å². The van der Waals surface area contributed by atoms with Gasteiger partial charge in [-0.05, 0) is 37.1 Å². The van der Waals surface area contributed by atoms with Crippen LogP contribution in [-0.4, -0.2) is 78.2 Å². The first-order valence-corrected chi connectivity index (χ1v) is 10.2. The molecule has 2 fully saturated rings. The number of nitrogens with zero attached hydrogens (tertiary/aromatic N) is 6. The van der Waals surface area contributed by atoms with Crippen molar-refractivity contribution in [3.63, 3.8) is 0 Å². The summed E-state index contributed by atoms with van der Waals surface area (Å²) < 4.78 is 28.4. The van der Waals surface area contributed by atoms with Gasteiger partial charge < -0.3 is 19.6 Å². The minimum absolute atomic E-state index is 0.0241. The molecule has 0 unspecified atom stereocenters. The monoisotopic (exact) mass is 416 g/mol. The number of anilines is 2. The number of piperazine rings is 2. The number of amides is 2. The van der Waals surface area contributed by atoms with Crippen LogP contribution in [0, 0.1) is 25.5 Å². The summed E-state index contributed by atoms with van der Waals surface area (Å²) in [7, 11) is 0. The zero-order valence-electron chi connectivity index (χ0n) is 17.3. The molecule has 30 heavy (non-hydrogen) atoms. The Labute approximate surface area is 174 Å². The molecule has 9 heteroatoms. The van der Waals surface area contributed by atoms with Crippen LogP contribution in [-0.2, 0) is 0 Å². The van der Waals surface area contributed by atoms with E-state index in [-0.39, 0.29) is 17.7 Å². The fraction of sp³-hybridized carbons (Fsp3) is 0.476. The van der Waals surface area contributed by atoms with Gasteiger partial charge in [0.1, 0.15) is 0 Å². The van der Waals surface area contributed by atoms with Crippen molar-refractivity contribution in [1.29, 1.82) is 0 Å². The van der Waals surface area contributed by atoms with Gasteiger partial charge in [0.15, 0.2) is 23.3 Å². The minimum atomic E-state index is -0.331. The predicted octanol–water partition coefficient (Wildman–Crippen LogP) is 2.44. The second-order valence-corrected chi connectivity index (χ2v) is 7.87. The molecular weight excluding hydrogens is 390 g/mol. The third-order valence-corrected chi connectivity index (χ3v) is 5.62. The second kappa shape index (κ2) is 8.41. The van der Waals surface area contributed by atoms with Gasteiger partial charge in [0, 0.05) is 64.8 Å². The summed E-state index contributed by atoms with van der Waals surface area (Å²) in [5.41, 5.74) is 1.56. The number of aromatic nitrogens is 2. The molecule has 2 aromatic rings. The van der Waals surface area contributed by atoms with Crippen molar-refractivity contribution in [1.82, 2.24) is 19.8 Å². The minimum Gasteiger partial charge on any atom is -0.351 e. The van der Waals surface area contributed by atoms with Crippen LogP contribution in [0.1, 0.15) is 11.1 Å². The number of hydrogen-bond acceptors (Lipinski definition) is 5. The zero-order chi connectivity index (χ0) is 21.3. The van der Waals surface area contributed by atoms with E-state index in [1.807, 2.05) is 9.80 Å². The Morgan fingerprint density at radius 2 is 1.10 bits per heavy atom. The molecule has 2 aromatic heterocycles. The Kier molecular flexibility index (Phi) is 5.69. The van der Waals surface area contributed by atoms with Gasteiger partial charge in [0.05, 0.1) is 0 Å². The Morgan fingerprint density at radius 3 is 1.43 bits per heavy atom. The summed E-state index contributed by atoms with van der Waals surface area (Å²) in [5.74, 6) is 0.0218. The first-order valence-electron chi connectivity index (χ1n) is 10.2. The van der Waals surface area contributed by atoms with Gasteiger partial charge in [-0.3, -0.25) is 0 Å². The predicted molar refractivity (Wildman–Crippen MR) is 111 cm³/mol.